The molecule has 1 heterocycles. The van der Waals surface area contributed by atoms with Crippen LogP contribution in [0.4, 0.5) is 5.69 Å². The second-order valence-corrected chi connectivity index (χ2v) is 10.7. The highest BCUT2D eigenvalue weighted by molar-refractivity contribution is 7.89. The van der Waals surface area contributed by atoms with E-state index in [9.17, 15) is 18.0 Å². The molecule has 2 aromatic carbocycles. The zero-order chi connectivity index (χ0) is 24.7. The molecule has 2 amide bonds. The highest BCUT2D eigenvalue weighted by Crippen LogP contribution is 2.27. The van der Waals surface area contributed by atoms with Gasteiger partial charge in [0, 0.05) is 33.4 Å². The van der Waals surface area contributed by atoms with E-state index >= 15 is 0 Å². The van der Waals surface area contributed by atoms with Crippen LogP contribution in [0.3, 0.4) is 0 Å². The van der Waals surface area contributed by atoms with Gasteiger partial charge in [-0.05, 0) is 55.5 Å². The van der Waals surface area contributed by atoms with Gasteiger partial charge in [0.1, 0.15) is 0 Å². The Kier molecular flexibility index (Phi) is 9.07. The number of methoxy groups -OCH3 is 1. The molecule has 1 fully saturated rings. The van der Waals surface area contributed by atoms with Gasteiger partial charge in [0.05, 0.1) is 26.7 Å². The number of ether oxygens (including phenoxy) is 1. The molecule has 0 aromatic heterocycles. The molecule has 2 N–H and O–H groups in total. The van der Waals surface area contributed by atoms with E-state index in [0.717, 1.165) is 12.8 Å². The summed E-state index contributed by atoms with van der Waals surface area (Å²) in [5.74, 6) is -0.460. The summed E-state index contributed by atoms with van der Waals surface area (Å²) >= 11 is 6.25. The van der Waals surface area contributed by atoms with Crippen molar-refractivity contribution in [2.24, 2.45) is 5.92 Å². The molecule has 0 aliphatic carbocycles. The number of para-hydroxylation sites is 1. The van der Waals surface area contributed by atoms with Crippen LogP contribution in [0.5, 0.6) is 0 Å². The lowest BCUT2D eigenvalue weighted by Gasteiger charge is -2.29. The first-order chi connectivity index (χ1) is 16.2. The number of carbonyl (C=O) groups excluding carboxylic acids is 2. The fourth-order valence-corrected chi connectivity index (χ4v) is 5.41. The third kappa shape index (κ3) is 6.35. The monoisotopic (exact) mass is 507 g/mol. The zero-order valence-electron chi connectivity index (χ0n) is 19.3. The molecule has 0 bridgehead atoms. The van der Waals surface area contributed by atoms with E-state index in [1.54, 1.807) is 31.4 Å². The predicted octanol–water partition coefficient (Wildman–Crippen LogP) is 3.78. The van der Waals surface area contributed by atoms with Crippen molar-refractivity contribution in [1.82, 2.24) is 9.62 Å². The molecule has 1 saturated heterocycles. The Bertz CT molecular complexity index is 1130. The zero-order valence-corrected chi connectivity index (χ0v) is 20.9. The van der Waals surface area contributed by atoms with E-state index in [2.05, 4.69) is 17.6 Å². The van der Waals surface area contributed by atoms with E-state index in [1.165, 1.54) is 22.5 Å². The average Bonchev–Trinajstić information content (AvgIpc) is 2.82. The molecule has 184 valence electrons. The molecule has 3 rings (SSSR count). The van der Waals surface area contributed by atoms with Crippen LogP contribution >= 0.6 is 11.6 Å². The fourth-order valence-electron chi connectivity index (χ4n) is 3.71. The third-order valence-electron chi connectivity index (χ3n) is 5.79. The summed E-state index contributed by atoms with van der Waals surface area (Å²) in [6, 6.07) is 10.7. The first-order valence-corrected chi connectivity index (χ1v) is 13.0. The largest absolute Gasteiger partial charge is 0.385 e. The molecule has 8 nitrogen and oxygen atoms in total. The van der Waals surface area contributed by atoms with Crippen molar-refractivity contribution in [3.63, 3.8) is 0 Å². The maximum absolute atomic E-state index is 13.1. The van der Waals surface area contributed by atoms with Gasteiger partial charge < -0.3 is 15.4 Å². The van der Waals surface area contributed by atoms with Crippen LogP contribution in [0.25, 0.3) is 0 Å². The second-order valence-electron chi connectivity index (χ2n) is 8.33. The lowest BCUT2D eigenvalue weighted by molar-refractivity contribution is 0.0949. The Morgan fingerprint density at radius 2 is 1.79 bits per heavy atom. The van der Waals surface area contributed by atoms with Crippen molar-refractivity contribution in [3.8, 4) is 0 Å². The van der Waals surface area contributed by atoms with E-state index in [0.29, 0.717) is 44.3 Å². The highest BCUT2D eigenvalue weighted by atomic mass is 35.5. The lowest BCUT2D eigenvalue weighted by Crippen LogP contribution is -2.37. The van der Waals surface area contributed by atoms with E-state index in [1.807, 2.05) is 0 Å². The number of carbonyl (C=O) groups is 2. The van der Waals surface area contributed by atoms with Crippen LogP contribution in [0.2, 0.25) is 5.02 Å². The number of hydrogen-bond donors (Lipinski definition) is 2. The summed E-state index contributed by atoms with van der Waals surface area (Å²) in [5, 5.41) is 5.60. The van der Waals surface area contributed by atoms with Crippen molar-refractivity contribution in [3.05, 3.63) is 58.6 Å². The first kappa shape index (κ1) is 26.2. The Hall–Kier alpha value is -2.46. The highest BCUT2D eigenvalue weighted by Gasteiger charge is 2.29. The van der Waals surface area contributed by atoms with Crippen LogP contribution in [-0.4, -0.2) is 57.9 Å². The van der Waals surface area contributed by atoms with E-state index in [-0.39, 0.29) is 27.0 Å². The number of anilines is 1. The summed E-state index contributed by atoms with van der Waals surface area (Å²) in [6.07, 6.45) is 2.25. The van der Waals surface area contributed by atoms with Gasteiger partial charge in [-0.1, -0.05) is 30.7 Å². The van der Waals surface area contributed by atoms with Crippen LogP contribution in [0.15, 0.2) is 47.4 Å². The maximum Gasteiger partial charge on any atom is 0.257 e. The first-order valence-electron chi connectivity index (χ1n) is 11.2. The summed E-state index contributed by atoms with van der Waals surface area (Å²) in [7, 11) is -2.16. The molecular weight excluding hydrogens is 478 g/mol. The summed E-state index contributed by atoms with van der Waals surface area (Å²) in [4.78, 5) is 25.7. The molecule has 2 aromatic rings. The van der Waals surface area contributed by atoms with Gasteiger partial charge in [0.25, 0.3) is 11.8 Å². The van der Waals surface area contributed by atoms with Gasteiger partial charge in [-0.3, -0.25) is 9.59 Å². The fraction of sp³-hybridized carbons (Fsp3) is 0.417. The van der Waals surface area contributed by atoms with Crippen molar-refractivity contribution in [1.29, 1.82) is 0 Å². The number of nitrogens with zero attached hydrogens (tertiary/aromatic N) is 1. The van der Waals surface area contributed by atoms with Gasteiger partial charge in [-0.15, -0.1) is 0 Å². The van der Waals surface area contributed by atoms with Gasteiger partial charge in [0.15, 0.2) is 0 Å². The molecule has 0 saturated carbocycles. The third-order valence-corrected chi connectivity index (χ3v) is 8.02. The molecule has 0 unspecified atom stereocenters. The molecule has 10 heteroatoms. The topological polar surface area (TPSA) is 105 Å². The quantitative estimate of drug-likeness (QED) is 0.502. The smallest absolute Gasteiger partial charge is 0.257 e. The van der Waals surface area contributed by atoms with Crippen LogP contribution in [0.1, 0.15) is 46.9 Å². The molecule has 0 atom stereocenters. The van der Waals surface area contributed by atoms with Crippen molar-refractivity contribution < 1.29 is 22.7 Å². The maximum atomic E-state index is 13.1. The molecule has 34 heavy (non-hydrogen) atoms. The summed E-state index contributed by atoms with van der Waals surface area (Å²) in [5.41, 5.74) is 0.602. The minimum Gasteiger partial charge on any atom is -0.385 e. The van der Waals surface area contributed by atoms with Gasteiger partial charge >= 0.3 is 0 Å². The number of nitrogens with one attached hydrogen (secondary N) is 2. The van der Waals surface area contributed by atoms with Crippen LogP contribution < -0.4 is 10.6 Å². The summed E-state index contributed by atoms with van der Waals surface area (Å²) in [6.45, 7) is 3.94. The number of rotatable bonds is 9. The number of hydrogen-bond acceptors (Lipinski definition) is 5. The second kappa shape index (κ2) is 11.8. The molecule has 1 aliphatic heterocycles. The van der Waals surface area contributed by atoms with Crippen molar-refractivity contribution in [2.75, 3.05) is 38.7 Å². The van der Waals surface area contributed by atoms with Crippen LogP contribution in [0, 0.1) is 5.92 Å². The normalized spacial score (nSPS) is 15.1. The molecule has 1 aliphatic rings. The molecular formula is C24H30ClN3O5S. The van der Waals surface area contributed by atoms with Crippen molar-refractivity contribution >= 4 is 39.1 Å². The standard InChI is InChI=1S/C24H30ClN3O5S/c1-17-10-13-28(14-11-17)34(31,32)18-8-9-21(25)20(16-18)24(30)27-22-7-4-3-6-19(22)23(29)26-12-5-15-33-2/h3-4,6-9,16-17H,5,10-15H2,1-2H3,(H,26,29)(H,27,30). The molecule has 0 spiro atoms. The van der Waals surface area contributed by atoms with Gasteiger partial charge in [0.2, 0.25) is 10.0 Å². The van der Waals surface area contributed by atoms with Crippen LogP contribution in [-0.2, 0) is 14.8 Å². The lowest BCUT2D eigenvalue weighted by atomic mass is 10.0. The SMILES string of the molecule is COCCCNC(=O)c1ccccc1NC(=O)c1cc(S(=O)(=O)N2CCC(C)CC2)ccc1Cl. The predicted molar refractivity (Wildman–Crippen MR) is 132 cm³/mol. The minimum atomic E-state index is -3.75. The Morgan fingerprint density at radius 1 is 1.09 bits per heavy atom. The number of piperidine rings is 1. The molecule has 0 radical (unpaired) electrons. The van der Waals surface area contributed by atoms with E-state index < -0.39 is 15.9 Å². The number of benzene rings is 2. The Balaban J connectivity index is 1.79. The number of sulfonamides is 1. The van der Waals surface area contributed by atoms with E-state index in [4.69, 9.17) is 16.3 Å². The summed E-state index contributed by atoms with van der Waals surface area (Å²) < 4.78 is 32.7. The van der Waals surface area contributed by atoms with Crippen molar-refractivity contribution in [2.45, 2.75) is 31.1 Å². The van der Waals surface area contributed by atoms with Gasteiger partial charge in [-0.25, -0.2) is 8.42 Å². The number of amides is 2. The Morgan fingerprint density at radius 3 is 2.50 bits per heavy atom. The van der Waals surface area contributed by atoms with Gasteiger partial charge in [-0.2, -0.15) is 4.31 Å². The average molecular weight is 508 g/mol. The number of halogens is 1. The Labute approximate surface area is 205 Å². The minimum absolute atomic E-state index is 0.0146.